The van der Waals surface area contributed by atoms with Crippen molar-refractivity contribution in [3.8, 4) is 5.75 Å². The Bertz CT molecular complexity index is 492. The fourth-order valence-corrected chi connectivity index (χ4v) is 1.90. The largest absolute Gasteiger partial charge is 0.489 e. The lowest BCUT2D eigenvalue weighted by atomic mass is 10.3. The number of benzene rings is 1. The second-order valence-electron chi connectivity index (χ2n) is 5.22. The molecule has 0 saturated heterocycles. The molecule has 25 heavy (non-hydrogen) atoms. The summed E-state index contributed by atoms with van der Waals surface area (Å²) in [5.41, 5.74) is 0. The first-order valence-electron chi connectivity index (χ1n) is 8.09. The summed E-state index contributed by atoms with van der Waals surface area (Å²) < 4.78 is 29.1. The van der Waals surface area contributed by atoms with Gasteiger partial charge in [-0.05, 0) is 25.5 Å². The number of rotatable bonds is 11. The molecule has 144 valence electrons. The van der Waals surface area contributed by atoms with E-state index in [1.54, 1.807) is 26.3 Å². The van der Waals surface area contributed by atoms with Crippen LogP contribution >= 0.6 is 24.0 Å². The Kier molecular flexibility index (Phi) is 14.5. The molecular formula is C17H29FIN3O3. The topological polar surface area (TPSA) is 64.1 Å². The van der Waals surface area contributed by atoms with Crippen molar-refractivity contribution in [1.82, 2.24) is 10.6 Å². The van der Waals surface area contributed by atoms with Crippen molar-refractivity contribution in [2.24, 2.45) is 4.99 Å². The number of hydrogen-bond acceptors (Lipinski definition) is 4. The van der Waals surface area contributed by atoms with Crippen LogP contribution < -0.4 is 15.4 Å². The van der Waals surface area contributed by atoms with Crippen LogP contribution in [0.4, 0.5) is 4.39 Å². The maximum Gasteiger partial charge on any atom is 0.191 e. The van der Waals surface area contributed by atoms with Gasteiger partial charge < -0.3 is 24.8 Å². The van der Waals surface area contributed by atoms with E-state index in [-0.39, 0.29) is 35.9 Å². The highest BCUT2D eigenvalue weighted by Gasteiger charge is 2.06. The Morgan fingerprint density at radius 2 is 2.04 bits per heavy atom. The van der Waals surface area contributed by atoms with Gasteiger partial charge in [-0.2, -0.15) is 0 Å². The van der Waals surface area contributed by atoms with Crippen LogP contribution in [0.25, 0.3) is 0 Å². The number of hydrogen-bond donors (Lipinski definition) is 2. The molecule has 0 saturated carbocycles. The highest BCUT2D eigenvalue weighted by Crippen LogP contribution is 2.13. The molecule has 0 aliphatic rings. The zero-order valence-corrected chi connectivity index (χ0v) is 17.4. The Balaban J connectivity index is 0.00000576. The zero-order valence-electron chi connectivity index (χ0n) is 15.1. The summed E-state index contributed by atoms with van der Waals surface area (Å²) >= 11 is 0. The molecule has 8 heteroatoms. The summed E-state index contributed by atoms with van der Waals surface area (Å²) in [5, 5.41) is 6.38. The van der Waals surface area contributed by atoms with E-state index in [4.69, 9.17) is 14.2 Å². The van der Waals surface area contributed by atoms with Crippen molar-refractivity contribution < 1.29 is 18.6 Å². The quantitative estimate of drug-likeness (QED) is 0.226. The summed E-state index contributed by atoms with van der Waals surface area (Å²) in [4.78, 5) is 4.15. The van der Waals surface area contributed by atoms with Crippen LogP contribution in [-0.4, -0.2) is 59.1 Å². The molecule has 0 heterocycles. The molecular weight excluding hydrogens is 440 g/mol. The number of nitrogens with one attached hydrogen (secondary N) is 2. The van der Waals surface area contributed by atoms with Crippen molar-refractivity contribution in [2.45, 2.75) is 19.4 Å². The first kappa shape index (κ1) is 23.9. The molecule has 1 rings (SSSR count). The third-order valence-electron chi connectivity index (χ3n) is 3.10. The molecule has 1 atom stereocenters. The maximum absolute atomic E-state index is 13.1. The van der Waals surface area contributed by atoms with E-state index < -0.39 is 0 Å². The van der Waals surface area contributed by atoms with Crippen molar-refractivity contribution in [1.29, 1.82) is 0 Å². The van der Waals surface area contributed by atoms with Gasteiger partial charge in [0.15, 0.2) is 5.96 Å². The predicted molar refractivity (Wildman–Crippen MR) is 109 cm³/mol. The van der Waals surface area contributed by atoms with Gasteiger partial charge in [0, 0.05) is 33.4 Å². The summed E-state index contributed by atoms with van der Waals surface area (Å²) in [6, 6.07) is 6.12. The van der Waals surface area contributed by atoms with Gasteiger partial charge in [0.05, 0.1) is 19.8 Å². The molecule has 0 bridgehead atoms. The lowest BCUT2D eigenvalue weighted by Crippen LogP contribution is -2.42. The van der Waals surface area contributed by atoms with Gasteiger partial charge in [0.2, 0.25) is 0 Å². The van der Waals surface area contributed by atoms with Crippen LogP contribution in [0.1, 0.15) is 13.3 Å². The van der Waals surface area contributed by atoms with Crippen molar-refractivity contribution in [2.75, 3.05) is 47.1 Å². The molecule has 0 aliphatic carbocycles. The van der Waals surface area contributed by atoms with Gasteiger partial charge in [-0.1, -0.05) is 6.07 Å². The fraction of sp³-hybridized carbons (Fsp3) is 0.588. The summed E-state index contributed by atoms with van der Waals surface area (Å²) in [7, 11) is 3.36. The van der Waals surface area contributed by atoms with Gasteiger partial charge in [0.25, 0.3) is 0 Å². The molecule has 0 amide bonds. The molecule has 0 aromatic heterocycles. The summed E-state index contributed by atoms with van der Waals surface area (Å²) in [5.74, 6) is 0.903. The smallest absolute Gasteiger partial charge is 0.191 e. The monoisotopic (exact) mass is 469 g/mol. The third-order valence-corrected chi connectivity index (χ3v) is 3.10. The van der Waals surface area contributed by atoms with E-state index in [2.05, 4.69) is 15.6 Å². The van der Waals surface area contributed by atoms with Gasteiger partial charge >= 0.3 is 0 Å². The minimum Gasteiger partial charge on any atom is -0.489 e. The Morgan fingerprint density at radius 1 is 1.24 bits per heavy atom. The van der Waals surface area contributed by atoms with E-state index in [0.29, 0.717) is 38.1 Å². The molecule has 0 fully saturated rings. The van der Waals surface area contributed by atoms with Gasteiger partial charge in [-0.25, -0.2) is 4.39 Å². The fourth-order valence-electron chi connectivity index (χ4n) is 1.90. The molecule has 2 N–H and O–H groups in total. The van der Waals surface area contributed by atoms with Gasteiger partial charge in [0.1, 0.15) is 17.7 Å². The van der Waals surface area contributed by atoms with E-state index >= 15 is 0 Å². The molecule has 0 aliphatic heterocycles. The molecule has 6 nitrogen and oxygen atoms in total. The summed E-state index contributed by atoms with van der Waals surface area (Å²) in [6.07, 6.45) is 0.752. The van der Waals surface area contributed by atoms with Crippen LogP contribution in [-0.2, 0) is 9.47 Å². The number of nitrogens with zero attached hydrogens (tertiary/aromatic N) is 1. The standard InChI is InChI=1S/C17H28FN3O3.HI/c1-14(24-16-7-4-6-15(18)12-16)13-21-17(19-2)20-8-5-9-23-11-10-22-3;/h4,6-7,12,14H,5,8-11,13H2,1-3H3,(H2,19,20,21);1H. The minimum absolute atomic E-state index is 0. The van der Waals surface area contributed by atoms with Crippen LogP contribution in [0, 0.1) is 5.82 Å². The first-order chi connectivity index (χ1) is 11.7. The second-order valence-corrected chi connectivity index (χ2v) is 5.22. The van der Waals surface area contributed by atoms with E-state index in [1.165, 1.54) is 12.1 Å². The minimum atomic E-state index is -0.308. The van der Waals surface area contributed by atoms with Gasteiger partial charge in [-0.15, -0.1) is 24.0 Å². The number of guanidine groups is 1. The predicted octanol–water partition coefficient (Wildman–Crippen LogP) is 2.43. The van der Waals surface area contributed by atoms with Gasteiger partial charge in [-0.3, -0.25) is 4.99 Å². The molecule has 1 unspecified atom stereocenters. The second kappa shape index (κ2) is 15.2. The van der Waals surface area contributed by atoms with Crippen molar-refractivity contribution in [3.05, 3.63) is 30.1 Å². The first-order valence-corrected chi connectivity index (χ1v) is 8.09. The number of aliphatic imine (C=N–C) groups is 1. The Hall–Kier alpha value is -1.13. The zero-order chi connectivity index (χ0) is 17.6. The van der Waals surface area contributed by atoms with E-state index in [9.17, 15) is 4.39 Å². The Labute approximate surface area is 166 Å². The molecule has 1 aromatic carbocycles. The number of ether oxygens (including phenoxy) is 3. The van der Waals surface area contributed by atoms with Crippen molar-refractivity contribution >= 4 is 29.9 Å². The number of methoxy groups -OCH3 is 1. The molecule has 0 radical (unpaired) electrons. The van der Waals surface area contributed by atoms with E-state index in [1.807, 2.05) is 6.92 Å². The number of halogens is 2. The van der Waals surface area contributed by atoms with Crippen molar-refractivity contribution in [3.63, 3.8) is 0 Å². The van der Waals surface area contributed by atoms with E-state index in [0.717, 1.165) is 13.0 Å². The lowest BCUT2D eigenvalue weighted by molar-refractivity contribution is 0.0698. The average molecular weight is 469 g/mol. The average Bonchev–Trinajstić information content (AvgIpc) is 2.56. The van der Waals surface area contributed by atoms with Crippen LogP contribution in [0.3, 0.4) is 0 Å². The highest BCUT2D eigenvalue weighted by atomic mass is 127. The lowest BCUT2D eigenvalue weighted by Gasteiger charge is -2.17. The molecule has 1 aromatic rings. The SMILES string of the molecule is CN=C(NCCCOCCOC)NCC(C)Oc1cccc(F)c1.I. The third kappa shape index (κ3) is 12.0. The Morgan fingerprint density at radius 3 is 2.72 bits per heavy atom. The molecule has 0 spiro atoms. The highest BCUT2D eigenvalue weighted by molar-refractivity contribution is 14.0. The maximum atomic E-state index is 13.1. The normalized spacial score (nSPS) is 12.2. The van der Waals surface area contributed by atoms with Crippen LogP contribution in [0.2, 0.25) is 0 Å². The summed E-state index contributed by atoms with van der Waals surface area (Å²) in [6.45, 7) is 5.12. The van der Waals surface area contributed by atoms with Crippen LogP contribution in [0.15, 0.2) is 29.3 Å². The van der Waals surface area contributed by atoms with Crippen LogP contribution in [0.5, 0.6) is 5.75 Å².